The van der Waals surface area contributed by atoms with Crippen LogP contribution in [0.5, 0.6) is 0 Å². The molecule has 0 fully saturated rings. The molecule has 258 valence electrons. The second kappa shape index (κ2) is 11.7. The van der Waals surface area contributed by atoms with Gasteiger partial charge in [-0.15, -0.1) is 11.3 Å². The molecule has 0 amide bonds. The number of oxazole rings is 1. The predicted octanol–water partition coefficient (Wildman–Crippen LogP) is 14.3. The number of aromatic nitrogens is 2. The highest BCUT2D eigenvalue weighted by molar-refractivity contribution is 7.26. The minimum Gasteiger partial charge on any atom is -0.456 e. The highest BCUT2D eigenvalue weighted by Gasteiger charge is 2.30. The molecule has 12 aromatic rings. The molecule has 55 heavy (non-hydrogen) atoms. The van der Waals surface area contributed by atoms with Crippen molar-refractivity contribution in [2.75, 3.05) is 4.90 Å². The maximum Gasteiger partial charge on any atom is 0.227 e. The number of fused-ring (bicyclic) bond motifs is 10. The lowest BCUT2D eigenvalue weighted by atomic mass is 10.0. The van der Waals surface area contributed by atoms with Crippen molar-refractivity contribution >= 4 is 103 Å². The molecule has 0 aliphatic rings. The third kappa shape index (κ3) is 4.43. The van der Waals surface area contributed by atoms with Crippen molar-refractivity contribution in [1.82, 2.24) is 9.55 Å². The number of para-hydroxylation sites is 3. The van der Waals surface area contributed by atoms with E-state index in [4.69, 9.17) is 13.8 Å². The maximum atomic E-state index is 6.68. The Labute approximate surface area is 318 Å². The highest BCUT2D eigenvalue weighted by Crippen LogP contribution is 2.53. The molecule has 0 atom stereocenters. The molecule has 12 rings (SSSR count). The zero-order chi connectivity index (χ0) is 36.0. The Balaban J connectivity index is 1.29. The average molecular weight is 724 g/mol. The molecule has 0 N–H and O–H groups in total. The van der Waals surface area contributed by atoms with Crippen LogP contribution in [0, 0.1) is 0 Å². The SMILES string of the molecule is c1ccc(-c2nc3c(N(c4cccc5c4sc4ccccc45)c4cccc5c4c4ccccc4n5-c4ccccc4)c4c(cc3o2)oc2ccccc24)cc1. The van der Waals surface area contributed by atoms with Gasteiger partial charge in [-0.3, -0.25) is 0 Å². The Morgan fingerprint density at radius 1 is 0.491 bits per heavy atom. The van der Waals surface area contributed by atoms with Gasteiger partial charge in [0.25, 0.3) is 0 Å². The lowest BCUT2D eigenvalue weighted by Gasteiger charge is -2.28. The van der Waals surface area contributed by atoms with Crippen LogP contribution in [0.25, 0.3) is 92.2 Å². The van der Waals surface area contributed by atoms with Crippen molar-refractivity contribution in [3.8, 4) is 17.1 Å². The van der Waals surface area contributed by atoms with E-state index in [0.29, 0.717) is 11.5 Å². The molecule has 8 aromatic carbocycles. The van der Waals surface area contributed by atoms with E-state index in [9.17, 15) is 0 Å². The summed E-state index contributed by atoms with van der Waals surface area (Å²) in [5.41, 5.74) is 10.3. The van der Waals surface area contributed by atoms with E-state index in [2.05, 4.69) is 137 Å². The van der Waals surface area contributed by atoms with Gasteiger partial charge in [0.05, 0.1) is 38.2 Å². The Kier molecular flexibility index (Phi) is 6.44. The topological polar surface area (TPSA) is 47.3 Å². The predicted molar refractivity (Wildman–Crippen MR) is 229 cm³/mol. The smallest absolute Gasteiger partial charge is 0.227 e. The molecule has 4 heterocycles. The molecule has 0 spiro atoms. The van der Waals surface area contributed by atoms with Crippen LogP contribution < -0.4 is 4.90 Å². The van der Waals surface area contributed by atoms with Crippen LogP contribution >= 0.6 is 11.3 Å². The van der Waals surface area contributed by atoms with Gasteiger partial charge in [-0.25, -0.2) is 4.98 Å². The number of hydrogen-bond acceptors (Lipinski definition) is 5. The van der Waals surface area contributed by atoms with Crippen molar-refractivity contribution in [1.29, 1.82) is 0 Å². The molecule has 6 heteroatoms. The first kappa shape index (κ1) is 30.3. The normalized spacial score (nSPS) is 12.0. The molecule has 0 aliphatic heterocycles. The number of anilines is 3. The van der Waals surface area contributed by atoms with Gasteiger partial charge in [-0.1, -0.05) is 109 Å². The quantitative estimate of drug-likeness (QED) is 0.177. The molecule has 4 aromatic heterocycles. The summed E-state index contributed by atoms with van der Waals surface area (Å²) in [5.74, 6) is 0.563. The first-order valence-corrected chi connectivity index (χ1v) is 19.2. The van der Waals surface area contributed by atoms with Gasteiger partial charge >= 0.3 is 0 Å². The average Bonchev–Trinajstić information content (AvgIpc) is 4.02. The third-order valence-electron chi connectivity index (χ3n) is 10.8. The van der Waals surface area contributed by atoms with E-state index >= 15 is 0 Å². The van der Waals surface area contributed by atoms with Gasteiger partial charge in [-0.2, -0.15) is 0 Å². The van der Waals surface area contributed by atoms with Crippen LogP contribution in [0.1, 0.15) is 0 Å². The fourth-order valence-electron chi connectivity index (χ4n) is 8.49. The van der Waals surface area contributed by atoms with Gasteiger partial charge in [-0.05, 0) is 60.7 Å². The summed E-state index contributed by atoms with van der Waals surface area (Å²) in [5, 5.41) is 6.77. The largest absolute Gasteiger partial charge is 0.456 e. The Bertz CT molecular complexity index is 3450. The third-order valence-corrected chi connectivity index (χ3v) is 12.0. The first-order chi connectivity index (χ1) is 27.3. The van der Waals surface area contributed by atoms with E-state index in [-0.39, 0.29) is 0 Å². The fraction of sp³-hybridized carbons (Fsp3) is 0. The summed E-state index contributed by atoms with van der Waals surface area (Å²) in [4.78, 5) is 7.79. The van der Waals surface area contributed by atoms with Crippen molar-refractivity contribution in [2.45, 2.75) is 0 Å². The number of thiophene rings is 1. The van der Waals surface area contributed by atoms with Gasteiger partial charge in [0.1, 0.15) is 16.7 Å². The second-order valence-electron chi connectivity index (χ2n) is 13.9. The lowest BCUT2D eigenvalue weighted by molar-refractivity contribution is 0.617. The number of rotatable bonds is 5. The van der Waals surface area contributed by atoms with Gasteiger partial charge in [0.15, 0.2) is 5.58 Å². The number of hydrogen-bond donors (Lipinski definition) is 0. The van der Waals surface area contributed by atoms with Gasteiger partial charge in [0, 0.05) is 48.9 Å². The monoisotopic (exact) mass is 723 g/mol. The summed E-state index contributed by atoms with van der Waals surface area (Å²) >= 11 is 1.82. The molecule has 5 nitrogen and oxygen atoms in total. The number of nitrogens with zero attached hydrogens (tertiary/aromatic N) is 3. The summed E-state index contributed by atoms with van der Waals surface area (Å²) in [7, 11) is 0. The van der Waals surface area contributed by atoms with Gasteiger partial charge < -0.3 is 18.3 Å². The van der Waals surface area contributed by atoms with Gasteiger partial charge in [0.2, 0.25) is 5.89 Å². The molecule has 0 saturated carbocycles. The zero-order valence-corrected chi connectivity index (χ0v) is 30.1. The van der Waals surface area contributed by atoms with Crippen LogP contribution in [0.15, 0.2) is 185 Å². The van der Waals surface area contributed by atoms with E-state index in [1.165, 1.54) is 20.2 Å². The lowest BCUT2D eigenvalue weighted by Crippen LogP contribution is -2.12. The molecule has 0 aliphatic carbocycles. The summed E-state index contributed by atoms with van der Waals surface area (Å²) < 4.78 is 18.2. The molecule has 0 bridgehead atoms. The minimum atomic E-state index is 0.563. The molecular weight excluding hydrogens is 695 g/mol. The molecular formula is C49H29N3O2S. The van der Waals surface area contributed by atoms with Crippen LogP contribution in [-0.4, -0.2) is 9.55 Å². The summed E-state index contributed by atoms with van der Waals surface area (Å²) in [6.45, 7) is 0. The van der Waals surface area contributed by atoms with Crippen molar-refractivity contribution in [3.05, 3.63) is 176 Å². The zero-order valence-electron chi connectivity index (χ0n) is 29.3. The molecule has 0 saturated heterocycles. The molecule has 0 radical (unpaired) electrons. The second-order valence-corrected chi connectivity index (χ2v) is 14.9. The van der Waals surface area contributed by atoms with Crippen LogP contribution in [0.4, 0.5) is 17.1 Å². The molecule has 0 unspecified atom stereocenters. The Morgan fingerprint density at radius 3 is 2.04 bits per heavy atom. The number of benzene rings is 8. The summed E-state index contributed by atoms with van der Waals surface area (Å²) in [6, 6.07) is 61.8. The van der Waals surface area contributed by atoms with E-state index in [1.807, 2.05) is 59.9 Å². The van der Waals surface area contributed by atoms with Crippen LogP contribution in [-0.2, 0) is 0 Å². The van der Waals surface area contributed by atoms with Crippen molar-refractivity contribution < 1.29 is 8.83 Å². The highest BCUT2D eigenvalue weighted by atomic mass is 32.1. The fourth-order valence-corrected chi connectivity index (χ4v) is 9.70. The Hall–Kier alpha value is -7.15. The Morgan fingerprint density at radius 2 is 1.16 bits per heavy atom. The maximum absolute atomic E-state index is 6.68. The van der Waals surface area contributed by atoms with E-state index in [1.54, 1.807) is 0 Å². The van der Waals surface area contributed by atoms with Crippen molar-refractivity contribution in [3.63, 3.8) is 0 Å². The van der Waals surface area contributed by atoms with Crippen LogP contribution in [0.2, 0.25) is 0 Å². The van der Waals surface area contributed by atoms with E-state index in [0.717, 1.165) is 77.6 Å². The van der Waals surface area contributed by atoms with E-state index < -0.39 is 0 Å². The minimum absolute atomic E-state index is 0.563. The summed E-state index contributed by atoms with van der Waals surface area (Å²) in [6.07, 6.45) is 0. The van der Waals surface area contributed by atoms with Crippen LogP contribution in [0.3, 0.4) is 0 Å². The standard InChI is InChI=1S/C49H29N3O2S/c1-3-15-30(16-4-1)49-50-46-42(54-49)29-41-45(35-21-8-11-27-40(35)53-41)47(46)52(39-26-13-22-33-32-19-9-12-28-43(32)55-48(33)39)38-25-14-24-37-44(38)34-20-7-10-23-36(34)51(37)31-17-5-2-6-18-31/h1-29H. The first-order valence-electron chi connectivity index (χ1n) is 18.4. The number of furan rings is 1. The van der Waals surface area contributed by atoms with Crippen molar-refractivity contribution in [2.24, 2.45) is 0 Å².